The normalized spacial score (nSPS) is 14.1. The van der Waals surface area contributed by atoms with Gasteiger partial charge in [0.25, 0.3) is 10.0 Å². The number of nitrogens with one attached hydrogen (secondary N) is 1. The molecule has 1 aromatic heterocycles. The van der Waals surface area contributed by atoms with E-state index in [4.69, 9.17) is 11.6 Å². The SMILES string of the molecule is CCC(C)NS(=O)(=O)c1c(Cl)cnn1C. The molecule has 0 aliphatic heterocycles. The number of aromatic nitrogens is 2. The fraction of sp³-hybridized carbons (Fsp3) is 0.625. The van der Waals surface area contributed by atoms with Crippen molar-refractivity contribution in [1.82, 2.24) is 14.5 Å². The first kappa shape index (κ1) is 12.5. The maximum atomic E-state index is 11.8. The summed E-state index contributed by atoms with van der Waals surface area (Å²) >= 11 is 5.75. The van der Waals surface area contributed by atoms with Crippen LogP contribution < -0.4 is 4.72 Å². The summed E-state index contributed by atoms with van der Waals surface area (Å²) in [6.07, 6.45) is 2.03. The summed E-state index contributed by atoms with van der Waals surface area (Å²) in [6.45, 7) is 3.69. The van der Waals surface area contributed by atoms with Crippen molar-refractivity contribution in [3.05, 3.63) is 11.2 Å². The van der Waals surface area contributed by atoms with Gasteiger partial charge in [-0.1, -0.05) is 18.5 Å². The van der Waals surface area contributed by atoms with Crippen molar-refractivity contribution in [3.8, 4) is 0 Å². The van der Waals surface area contributed by atoms with Crippen LogP contribution >= 0.6 is 11.6 Å². The van der Waals surface area contributed by atoms with Gasteiger partial charge in [0.15, 0.2) is 5.03 Å². The molecule has 5 nitrogen and oxygen atoms in total. The Bertz CT molecular complexity index is 421. The number of aryl methyl sites for hydroxylation is 1. The molecule has 86 valence electrons. The Hall–Kier alpha value is -0.590. The minimum atomic E-state index is -3.57. The largest absolute Gasteiger partial charge is 0.259 e. The number of hydrogen-bond donors (Lipinski definition) is 1. The molecule has 1 rings (SSSR count). The van der Waals surface area contributed by atoms with Crippen LogP contribution in [0.5, 0.6) is 0 Å². The lowest BCUT2D eigenvalue weighted by Gasteiger charge is -2.12. The van der Waals surface area contributed by atoms with Gasteiger partial charge < -0.3 is 0 Å². The summed E-state index contributed by atoms with van der Waals surface area (Å²) in [5.74, 6) is 0. The average molecular weight is 252 g/mol. The Labute approximate surface area is 94.5 Å². The van der Waals surface area contributed by atoms with E-state index in [1.165, 1.54) is 17.9 Å². The molecule has 0 spiro atoms. The highest BCUT2D eigenvalue weighted by atomic mass is 35.5. The van der Waals surface area contributed by atoms with Crippen LogP contribution in [0.15, 0.2) is 11.2 Å². The number of nitrogens with zero attached hydrogens (tertiary/aromatic N) is 2. The molecule has 0 radical (unpaired) electrons. The summed E-state index contributed by atoms with van der Waals surface area (Å²) < 4.78 is 27.5. The van der Waals surface area contributed by atoms with E-state index in [0.717, 1.165) is 0 Å². The molecule has 0 fully saturated rings. The second kappa shape index (κ2) is 4.51. The standard InChI is InChI=1S/C8H14ClN3O2S/c1-4-6(2)11-15(13,14)8-7(9)5-10-12(8)3/h5-6,11H,4H2,1-3H3. The van der Waals surface area contributed by atoms with Gasteiger partial charge in [-0.15, -0.1) is 0 Å². The summed E-state index contributed by atoms with van der Waals surface area (Å²) in [5, 5.41) is 3.92. The van der Waals surface area contributed by atoms with Crippen LogP contribution in [-0.2, 0) is 17.1 Å². The van der Waals surface area contributed by atoms with E-state index in [-0.39, 0.29) is 16.1 Å². The zero-order valence-electron chi connectivity index (χ0n) is 8.86. The predicted molar refractivity (Wildman–Crippen MR) is 58.3 cm³/mol. The first-order valence-corrected chi connectivity index (χ1v) is 6.44. The molecule has 1 atom stereocenters. The van der Waals surface area contributed by atoms with Gasteiger partial charge in [0.2, 0.25) is 0 Å². The number of sulfonamides is 1. The summed E-state index contributed by atoms with van der Waals surface area (Å²) in [4.78, 5) is 0. The topological polar surface area (TPSA) is 64.0 Å². The summed E-state index contributed by atoms with van der Waals surface area (Å²) in [7, 11) is -2.03. The molecule has 1 N–H and O–H groups in total. The molecule has 0 amide bonds. The molecular formula is C8H14ClN3O2S. The highest BCUT2D eigenvalue weighted by Crippen LogP contribution is 2.19. The van der Waals surface area contributed by atoms with Gasteiger partial charge in [-0.25, -0.2) is 13.1 Å². The quantitative estimate of drug-likeness (QED) is 0.873. The van der Waals surface area contributed by atoms with Crippen molar-refractivity contribution in [3.63, 3.8) is 0 Å². The molecule has 7 heteroatoms. The van der Waals surface area contributed by atoms with Crippen LogP contribution in [0.1, 0.15) is 20.3 Å². The van der Waals surface area contributed by atoms with Gasteiger partial charge in [-0.3, -0.25) is 4.68 Å². The maximum Gasteiger partial charge on any atom is 0.259 e. The third-order valence-corrected chi connectivity index (χ3v) is 4.16. The molecule has 0 saturated heterocycles. The Morgan fingerprint density at radius 1 is 1.67 bits per heavy atom. The first-order valence-electron chi connectivity index (χ1n) is 4.58. The molecule has 1 unspecified atom stereocenters. The van der Waals surface area contributed by atoms with Crippen molar-refractivity contribution in [1.29, 1.82) is 0 Å². The van der Waals surface area contributed by atoms with E-state index in [9.17, 15) is 8.42 Å². The summed E-state index contributed by atoms with van der Waals surface area (Å²) in [6, 6.07) is -0.124. The van der Waals surface area contributed by atoms with Gasteiger partial charge >= 0.3 is 0 Å². The Morgan fingerprint density at radius 3 is 2.67 bits per heavy atom. The first-order chi connectivity index (χ1) is 6.88. The van der Waals surface area contributed by atoms with Gasteiger partial charge in [0, 0.05) is 13.1 Å². The van der Waals surface area contributed by atoms with Crippen molar-refractivity contribution in [2.75, 3.05) is 0 Å². The highest BCUT2D eigenvalue weighted by Gasteiger charge is 2.23. The van der Waals surface area contributed by atoms with E-state index in [2.05, 4.69) is 9.82 Å². The maximum absolute atomic E-state index is 11.8. The second-order valence-electron chi connectivity index (χ2n) is 3.35. The molecule has 1 aromatic rings. The zero-order valence-corrected chi connectivity index (χ0v) is 10.4. The molecule has 0 saturated carbocycles. The smallest absolute Gasteiger partial charge is 0.255 e. The third-order valence-electron chi connectivity index (χ3n) is 2.07. The monoisotopic (exact) mass is 251 g/mol. The second-order valence-corrected chi connectivity index (χ2v) is 5.39. The number of hydrogen-bond acceptors (Lipinski definition) is 3. The van der Waals surface area contributed by atoms with Crippen LogP contribution in [0.2, 0.25) is 5.02 Å². The van der Waals surface area contributed by atoms with Crippen LogP contribution in [0.3, 0.4) is 0 Å². The van der Waals surface area contributed by atoms with Crippen molar-refractivity contribution in [2.24, 2.45) is 7.05 Å². The van der Waals surface area contributed by atoms with E-state index < -0.39 is 10.0 Å². The van der Waals surface area contributed by atoms with Crippen LogP contribution in [0.25, 0.3) is 0 Å². The molecule has 0 aromatic carbocycles. The van der Waals surface area contributed by atoms with Crippen LogP contribution in [0.4, 0.5) is 0 Å². The lowest BCUT2D eigenvalue weighted by molar-refractivity contribution is 0.541. The van der Waals surface area contributed by atoms with E-state index in [1.54, 1.807) is 6.92 Å². The van der Waals surface area contributed by atoms with Crippen LogP contribution in [-0.4, -0.2) is 24.2 Å². The predicted octanol–water partition coefficient (Wildman–Crippen LogP) is 1.15. The molecule has 1 heterocycles. The third kappa shape index (κ3) is 2.70. The minimum absolute atomic E-state index is 0.00414. The lowest BCUT2D eigenvalue weighted by atomic mass is 10.3. The van der Waals surface area contributed by atoms with Gasteiger partial charge in [0.1, 0.15) is 0 Å². The molecular weight excluding hydrogens is 238 g/mol. The molecule has 0 bridgehead atoms. The van der Waals surface area contributed by atoms with E-state index >= 15 is 0 Å². The van der Waals surface area contributed by atoms with Crippen molar-refractivity contribution < 1.29 is 8.42 Å². The Morgan fingerprint density at radius 2 is 2.27 bits per heavy atom. The number of halogens is 1. The van der Waals surface area contributed by atoms with Gasteiger partial charge in [-0.05, 0) is 13.3 Å². The van der Waals surface area contributed by atoms with Crippen molar-refractivity contribution in [2.45, 2.75) is 31.3 Å². The fourth-order valence-electron chi connectivity index (χ4n) is 1.11. The lowest BCUT2D eigenvalue weighted by Crippen LogP contribution is -2.33. The molecule has 15 heavy (non-hydrogen) atoms. The fourth-order valence-corrected chi connectivity index (χ4v) is 3.09. The van der Waals surface area contributed by atoms with Gasteiger partial charge in [-0.2, -0.15) is 5.10 Å². The minimum Gasteiger partial charge on any atom is -0.255 e. The van der Waals surface area contributed by atoms with Crippen molar-refractivity contribution >= 4 is 21.6 Å². The van der Waals surface area contributed by atoms with E-state index in [1.807, 2.05) is 6.92 Å². The number of rotatable bonds is 4. The van der Waals surface area contributed by atoms with Gasteiger partial charge in [0.05, 0.1) is 11.2 Å². The Balaban J connectivity index is 3.07. The molecule has 0 aliphatic carbocycles. The highest BCUT2D eigenvalue weighted by molar-refractivity contribution is 7.89. The summed E-state index contributed by atoms with van der Waals surface area (Å²) in [5.41, 5.74) is 0. The zero-order chi connectivity index (χ0) is 11.6. The van der Waals surface area contributed by atoms with E-state index in [0.29, 0.717) is 6.42 Å². The molecule has 0 aliphatic rings. The average Bonchev–Trinajstić information content (AvgIpc) is 2.45. The van der Waals surface area contributed by atoms with Crippen LogP contribution in [0, 0.1) is 0 Å². The Kier molecular flexibility index (Phi) is 3.75.